The number of pyridine rings is 2. The van der Waals surface area contributed by atoms with E-state index >= 15 is 0 Å². The SMILES string of the molecule is O=Cc1nc2c(cc1CO)CCCN2c1ccc(F)cn1. The van der Waals surface area contributed by atoms with Crippen molar-refractivity contribution in [1.29, 1.82) is 0 Å². The fraction of sp³-hybridized carbons (Fsp3) is 0.267. The molecule has 0 spiro atoms. The summed E-state index contributed by atoms with van der Waals surface area (Å²) in [6.07, 6.45) is 3.52. The highest BCUT2D eigenvalue weighted by atomic mass is 19.1. The van der Waals surface area contributed by atoms with E-state index in [9.17, 15) is 14.3 Å². The quantitative estimate of drug-likeness (QED) is 0.875. The zero-order chi connectivity index (χ0) is 14.8. The molecular formula is C15H14FN3O2. The first-order valence-electron chi connectivity index (χ1n) is 6.71. The maximum absolute atomic E-state index is 13.0. The van der Waals surface area contributed by atoms with Gasteiger partial charge in [-0.05, 0) is 36.6 Å². The number of rotatable bonds is 3. The summed E-state index contributed by atoms with van der Waals surface area (Å²) in [6, 6.07) is 4.74. The van der Waals surface area contributed by atoms with Crippen LogP contribution in [0.5, 0.6) is 0 Å². The van der Waals surface area contributed by atoms with E-state index in [2.05, 4.69) is 9.97 Å². The highest BCUT2D eigenvalue weighted by Gasteiger charge is 2.22. The van der Waals surface area contributed by atoms with Crippen molar-refractivity contribution < 1.29 is 14.3 Å². The first kappa shape index (κ1) is 13.6. The van der Waals surface area contributed by atoms with Crippen LogP contribution in [0.3, 0.4) is 0 Å². The third-order valence-electron chi connectivity index (χ3n) is 3.54. The molecule has 3 heterocycles. The Kier molecular flexibility index (Phi) is 3.62. The molecule has 0 saturated carbocycles. The number of hydrogen-bond donors (Lipinski definition) is 1. The largest absolute Gasteiger partial charge is 0.392 e. The molecule has 1 N–H and O–H groups in total. The summed E-state index contributed by atoms with van der Waals surface area (Å²) < 4.78 is 13.0. The van der Waals surface area contributed by atoms with Gasteiger partial charge in [-0.2, -0.15) is 0 Å². The Morgan fingerprint density at radius 3 is 2.95 bits per heavy atom. The van der Waals surface area contributed by atoms with Crippen molar-refractivity contribution in [2.45, 2.75) is 19.4 Å². The van der Waals surface area contributed by atoms with Crippen LogP contribution >= 0.6 is 0 Å². The molecule has 0 radical (unpaired) electrons. The van der Waals surface area contributed by atoms with Gasteiger partial charge in [-0.3, -0.25) is 4.79 Å². The van der Waals surface area contributed by atoms with Crippen LogP contribution in [0, 0.1) is 5.82 Å². The van der Waals surface area contributed by atoms with E-state index in [-0.39, 0.29) is 12.3 Å². The number of aryl methyl sites for hydroxylation is 1. The van der Waals surface area contributed by atoms with Gasteiger partial charge in [-0.1, -0.05) is 0 Å². The molecule has 0 bridgehead atoms. The van der Waals surface area contributed by atoms with Crippen molar-refractivity contribution in [3.05, 3.63) is 47.0 Å². The zero-order valence-corrected chi connectivity index (χ0v) is 11.3. The summed E-state index contributed by atoms with van der Waals surface area (Å²) in [7, 11) is 0. The van der Waals surface area contributed by atoms with Crippen molar-refractivity contribution in [2.24, 2.45) is 0 Å². The van der Waals surface area contributed by atoms with Crippen LogP contribution in [0.15, 0.2) is 24.4 Å². The first-order valence-corrected chi connectivity index (χ1v) is 6.71. The lowest BCUT2D eigenvalue weighted by molar-refractivity contribution is 0.111. The van der Waals surface area contributed by atoms with Gasteiger partial charge < -0.3 is 10.0 Å². The molecule has 6 heteroatoms. The lowest BCUT2D eigenvalue weighted by atomic mass is 10.0. The number of aromatic nitrogens is 2. The average Bonchev–Trinajstić information content (AvgIpc) is 2.53. The van der Waals surface area contributed by atoms with Gasteiger partial charge in [-0.15, -0.1) is 0 Å². The molecule has 1 aliphatic heterocycles. The highest BCUT2D eigenvalue weighted by molar-refractivity contribution is 5.77. The number of hydrogen-bond acceptors (Lipinski definition) is 5. The standard InChI is InChI=1S/C15H14FN3O2/c16-12-3-4-14(17-7-12)19-5-1-2-10-6-11(8-20)13(9-21)18-15(10)19/h3-4,6-7,9,20H,1-2,5,8H2. The number of halogens is 1. The van der Waals surface area contributed by atoms with Crippen molar-refractivity contribution in [2.75, 3.05) is 11.4 Å². The van der Waals surface area contributed by atoms with Gasteiger partial charge in [0, 0.05) is 12.1 Å². The summed E-state index contributed by atoms with van der Waals surface area (Å²) >= 11 is 0. The van der Waals surface area contributed by atoms with Crippen LogP contribution in [0.25, 0.3) is 0 Å². The molecule has 3 rings (SSSR count). The van der Waals surface area contributed by atoms with Gasteiger partial charge in [0.15, 0.2) is 6.29 Å². The summed E-state index contributed by atoms with van der Waals surface area (Å²) in [6.45, 7) is 0.485. The molecule has 2 aromatic rings. The minimum atomic E-state index is -0.395. The van der Waals surface area contributed by atoms with Crippen molar-refractivity contribution >= 4 is 17.9 Å². The number of aliphatic hydroxyl groups is 1. The van der Waals surface area contributed by atoms with Gasteiger partial charge in [0.05, 0.1) is 12.8 Å². The normalized spacial score (nSPS) is 13.9. The monoisotopic (exact) mass is 287 g/mol. The number of carbonyl (C=O) groups excluding carboxylic acids is 1. The Morgan fingerprint density at radius 1 is 1.43 bits per heavy atom. The molecule has 0 fully saturated rings. The lowest BCUT2D eigenvalue weighted by Gasteiger charge is -2.29. The second kappa shape index (κ2) is 5.57. The second-order valence-electron chi connectivity index (χ2n) is 4.88. The summed E-state index contributed by atoms with van der Waals surface area (Å²) in [5.41, 5.74) is 1.71. The molecule has 0 atom stereocenters. The van der Waals surface area contributed by atoms with E-state index in [4.69, 9.17) is 0 Å². The molecule has 0 unspecified atom stereocenters. The Hall–Kier alpha value is -2.34. The van der Waals surface area contributed by atoms with Gasteiger partial charge in [-0.25, -0.2) is 14.4 Å². The molecule has 0 aliphatic carbocycles. The molecule has 0 aromatic carbocycles. The molecule has 1 aliphatic rings. The minimum absolute atomic E-state index is 0.219. The number of aldehydes is 1. The lowest BCUT2D eigenvalue weighted by Crippen LogP contribution is -2.27. The van der Waals surface area contributed by atoms with Gasteiger partial charge >= 0.3 is 0 Å². The van der Waals surface area contributed by atoms with E-state index < -0.39 is 5.82 Å². The summed E-state index contributed by atoms with van der Waals surface area (Å²) in [5.74, 6) is 0.853. The Balaban J connectivity index is 2.08. The van der Waals surface area contributed by atoms with Crippen LogP contribution in [0.2, 0.25) is 0 Å². The van der Waals surface area contributed by atoms with E-state index in [0.717, 1.165) is 24.6 Å². The molecule has 5 nitrogen and oxygen atoms in total. The zero-order valence-electron chi connectivity index (χ0n) is 11.3. The Labute approximate surface area is 121 Å². The highest BCUT2D eigenvalue weighted by Crippen LogP contribution is 2.31. The van der Waals surface area contributed by atoms with Crippen LogP contribution < -0.4 is 4.90 Å². The Morgan fingerprint density at radius 2 is 2.29 bits per heavy atom. The maximum atomic E-state index is 13.0. The smallest absolute Gasteiger partial charge is 0.168 e. The van der Waals surface area contributed by atoms with Crippen LogP contribution in [-0.2, 0) is 13.0 Å². The van der Waals surface area contributed by atoms with Gasteiger partial charge in [0.2, 0.25) is 0 Å². The third kappa shape index (κ3) is 2.50. The van der Waals surface area contributed by atoms with E-state index in [1.165, 1.54) is 6.07 Å². The van der Waals surface area contributed by atoms with E-state index in [0.29, 0.717) is 30.0 Å². The number of fused-ring (bicyclic) bond motifs is 1. The van der Waals surface area contributed by atoms with E-state index in [1.807, 2.05) is 11.0 Å². The van der Waals surface area contributed by atoms with Crippen molar-refractivity contribution in [1.82, 2.24) is 9.97 Å². The number of anilines is 2. The van der Waals surface area contributed by atoms with Gasteiger partial charge in [0.1, 0.15) is 23.1 Å². The van der Waals surface area contributed by atoms with Crippen LogP contribution in [0.4, 0.5) is 16.0 Å². The predicted molar refractivity (Wildman–Crippen MR) is 75.1 cm³/mol. The van der Waals surface area contributed by atoms with Crippen LogP contribution in [-0.4, -0.2) is 27.9 Å². The average molecular weight is 287 g/mol. The van der Waals surface area contributed by atoms with Gasteiger partial charge in [0.25, 0.3) is 0 Å². The van der Waals surface area contributed by atoms with Crippen LogP contribution in [0.1, 0.15) is 28.0 Å². The summed E-state index contributed by atoms with van der Waals surface area (Å²) in [5, 5.41) is 9.30. The summed E-state index contributed by atoms with van der Waals surface area (Å²) in [4.78, 5) is 21.4. The Bertz CT molecular complexity index is 673. The second-order valence-corrected chi connectivity index (χ2v) is 4.88. The topological polar surface area (TPSA) is 66.3 Å². The third-order valence-corrected chi connectivity index (χ3v) is 3.54. The van der Waals surface area contributed by atoms with E-state index in [1.54, 1.807) is 6.07 Å². The molecule has 2 aromatic heterocycles. The van der Waals surface area contributed by atoms with Crippen molar-refractivity contribution in [3.8, 4) is 0 Å². The fourth-order valence-corrected chi connectivity index (χ4v) is 2.54. The van der Waals surface area contributed by atoms with Crippen molar-refractivity contribution in [3.63, 3.8) is 0 Å². The first-order chi connectivity index (χ1) is 10.2. The fourth-order valence-electron chi connectivity index (χ4n) is 2.54. The molecule has 0 saturated heterocycles. The number of carbonyl (C=O) groups is 1. The minimum Gasteiger partial charge on any atom is -0.392 e. The number of aliphatic hydroxyl groups excluding tert-OH is 1. The number of nitrogens with zero attached hydrogens (tertiary/aromatic N) is 3. The molecule has 21 heavy (non-hydrogen) atoms. The molecule has 108 valence electrons. The molecule has 0 amide bonds. The maximum Gasteiger partial charge on any atom is 0.168 e. The predicted octanol–water partition coefficient (Wildman–Crippen LogP) is 2.00. The molecular weight excluding hydrogens is 273 g/mol.